The van der Waals surface area contributed by atoms with Crippen molar-refractivity contribution in [3.8, 4) is 0 Å². The van der Waals surface area contributed by atoms with Crippen molar-refractivity contribution in [3.63, 3.8) is 0 Å². The smallest absolute Gasteiger partial charge is 0.391 e. The topological polar surface area (TPSA) is 105 Å². The van der Waals surface area contributed by atoms with Gasteiger partial charge in [-0.05, 0) is 70.6 Å². The van der Waals surface area contributed by atoms with Crippen LogP contribution in [0.15, 0.2) is 85.1 Å². The summed E-state index contributed by atoms with van der Waals surface area (Å²) in [6, 6.07) is -0.777. The normalized spacial score (nSPS) is 14.8. The Labute approximate surface area is 401 Å². The van der Waals surface area contributed by atoms with E-state index in [9.17, 15) is 19.4 Å². The SMILES string of the molecule is CC/C=C\C/C=C\C/C=C\C/C=C\C/C=C\C/C=C\C/C=C\CCCCCCCC(=O)NC(COP(=O)(O)OCC[N+](C)(C)C)C(O)CCCCCCCCCCCCCCCCCC. The number of amides is 1. The Hall–Kier alpha value is -2.32. The van der Waals surface area contributed by atoms with Gasteiger partial charge in [-0.15, -0.1) is 0 Å². The highest BCUT2D eigenvalue weighted by Gasteiger charge is 2.28. The molecule has 9 heteroatoms. The molecule has 0 saturated heterocycles. The Bertz CT molecular complexity index is 1330. The Kier molecular flexibility index (Phi) is 45.1. The lowest BCUT2D eigenvalue weighted by Crippen LogP contribution is -2.46. The van der Waals surface area contributed by atoms with Gasteiger partial charge in [-0.25, -0.2) is 4.57 Å². The van der Waals surface area contributed by atoms with Crippen molar-refractivity contribution >= 4 is 13.7 Å². The lowest BCUT2D eigenvalue weighted by Gasteiger charge is -2.26. The number of carbonyl (C=O) groups excluding carboxylic acids is 1. The second-order valence-corrected chi connectivity index (χ2v) is 20.3. The van der Waals surface area contributed by atoms with Crippen LogP contribution in [0.3, 0.4) is 0 Å². The van der Waals surface area contributed by atoms with Crippen LogP contribution in [0, 0.1) is 0 Å². The van der Waals surface area contributed by atoms with Gasteiger partial charge in [-0.2, -0.15) is 0 Å². The number of hydrogen-bond donors (Lipinski definition) is 3. The van der Waals surface area contributed by atoms with E-state index in [4.69, 9.17) is 9.05 Å². The van der Waals surface area contributed by atoms with E-state index >= 15 is 0 Å². The van der Waals surface area contributed by atoms with Crippen LogP contribution in [0.2, 0.25) is 0 Å². The maximum atomic E-state index is 13.0. The molecule has 0 aromatic carbocycles. The van der Waals surface area contributed by atoms with Gasteiger partial charge in [0.1, 0.15) is 13.2 Å². The van der Waals surface area contributed by atoms with Crippen molar-refractivity contribution in [1.82, 2.24) is 5.32 Å². The van der Waals surface area contributed by atoms with Gasteiger partial charge >= 0.3 is 7.82 Å². The first-order valence-corrected chi connectivity index (χ1v) is 27.9. The van der Waals surface area contributed by atoms with E-state index in [1.165, 1.54) is 83.5 Å². The first-order valence-electron chi connectivity index (χ1n) is 26.5. The van der Waals surface area contributed by atoms with Crippen LogP contribution in [0.4, 0.5) is 0 Å². The van der Waals surface area contributed by atoms with Crippen molar-refractivity contribution in [2.24, 2.45) is 0 Å². The summed E-state index contributed by atoms with van der Waals surface area (Å²) in [5.41, 5.74) is 0. The van der Waals surface area contributed by atoms with E-state index in [0.29, 0.717) is 23.9 Å². The number of nitrogens with one attached hydrogen (secondary N) is 1. The quantitative estimate of drug-likeness (QED) is 0.0243. The van der Waals surface area contributed by atoms with Crippen LogP contribution in [-0.2, 0) is 18.4 Å². The van der Waals surface area contributed by atoms with E-state index in [2.05, 4.69) is 104 Å². The predicted molar refractivity (Wildman–Crippen MR) is 281 cm³/mol. The lowest BCUT2D eigenvalue weighted by atomic mass is 10.0. The number of nitrogens with zero attached hydrogens (tertiary/aromatic N) is 1. The van der Waals surface area contributed by atoms with Crippen molar-refractivity contribution in [1.29, 1.82) is 0 Å². The highest BCUT2D eigenvalue weighted by molar-refractivity contribution is 7.47. The van der Waals surface area contributed by atoms with E-state index < -0.39 is 20.0 Å². The molecule has 0 aromatic heterocycles. The molecule has 8 nitrogen and oxygen atoms in total. The molecule has 0 radical (unpaired) electrons. The molecule has 0 aliphatic heterocycles. The highest BCUT2D eigenvalue weighted by atomic mass is 31.2. The summed E-state index contributed by atoms with van der Waals surface area (Å²) in [5.74, 6) is -0.166. The molecular formula is C56H102N2O6P+. The molecule has 1 amide bonds. The fourth-order valence-electron chi connectivity index (χ4n) is 7.26. The van der Waals surface area contributed by atoms with Gasteiger partial charge in [-0.1, -0.05) is 221 Å². The largest absolute Gasteiger partial charge is 0.472 e. The fourth-order valence-corrected chi connectivity index (χ4v) is 8.00. The zero-order valence-corrected chi connectivity index (χ0v) is 43.6. The first kappa shape index (κ1) is 62.7. The van der Waals surface area contributed by atoms with E-state index in [-0.39, 0.29) is 19.1 Å². The number of unbranched alkanes of at least 4 members (excludes halogenated alkanes) is 20. The van der Waals surface area contributed by atoms with Gasteiger partial charge in [-0.3, -0.25) is 13.8 Å². The molecule has 65 heavy (non-hydrogen) atoms. The molecule has 3 N–H and O–H groups in total. The lowest BCUT2D eigenvalue weighted by molar-refractivity contribution is -0.870. The Morgan fingerprint density at radius 1 is 0.538 bits per heavy atom. The second kappa shape index (κ2) is 46.8. The molecule has 0 aliphatic carbocycles. The third-order valence-corrected chi connectivity index (χ3v) is 12.4. The number of phosphoric acid groups is 1. The van der Waals surface area contributed by atoms with Crippen molar-refractivity contribution in [2.45, 2.75) is 225 Å². The summed E-state index contributed by atoms with van der Waals surface area (Å²) >= 11 is 0. The average molecular weight is 930 g/mol. The molecule has 0 rings (SSSR count). The summed E-state index contributed by atoms with van der Waals surface area (Å²) in [6.45, 7) is 4.75. The van der Waals surface area contributed by atoms with Gasteiger partial charge in [0.05, 0.1) is 39.9 Å². The van der Waals surface area contributed by atoms with Gasteiger partial charge in [0, 0.05) is 6.42 Å². The minimum absolute atomic E-state index is 0.0661. The van der Waals surface area contributed by atoms with Crippen LogP contribution >= 0.6 is 7.82 Å². The van der Waals surface area contributed by atoms with E-state index in [1.54, 1.807) is 0 Å². The predicted octanol–water partition coefficient (Wildman–Crippen LogP) is 15.7. The average Bonchev–Trinajstić information content (AvgIpc) is 3.26. The van der Waals surface area contributed by atoms with E-state index in [1.807, 2.05) is 21.1 Å². The number of aliphatic hydroxyl groups is 1. The Morgan fingerprint density at radius 2 is 0.923 bits per heavy atom. The first-order chi connectivity index (χ1) is 31.5. The molecule has 0 fully saturated rings. The number of quaternary nitrogens is 1. The van der Waals surface area contributed by atoms with Crippen molar-refractivity contribution < 1.29 is 32.9 Å². The van der Waals surface area contributed by atoms with Gasteiger partial charge in [0.15, 0.2) is 0 Å². The standard InChI is InChI=1S/C56H101N2O6P/c1-6-8-10-12-14-16-18-20-22-24-25-26-27-28-29-30-31-32-33-34-36-38-40-42-44-46-48-50-56(60)57-54(53-64-65(61,62)63-52-51-58(3,4)5)55(59)49-47-45-43-41-39-37-35-23-21-19-17-15-13-11-9-7-2/h8,10,14,16,20,22,25-26,28-29,31-32,34,36,54-55,59H,6-7,9,11-13,15,17-19,21,23-24,27,30,33,35,37-53H2,1-5H3,(H-,57,60,61,62)/p+1/b10-8-,16-14-,22-20-,26-25-,29-28-,32-31-,36-34-. The van der Waals surface area contributed by atoms with Crippen molar-refractivity contribution in [3.05, 3.63) is 85.1 Å². The van der Waals surface area contributed by atoms with Crippen LogP contribution in [0.5, 0.6) is 0 Å². The molecule has 0 heterocycles. The Balaban J connectivity index is 4.30. The second-order valence-electron chi connectivity index (χ2n) is 18.9. The molecule has 0 aliphatic rings. The van der Waals surface area contributed by atoms with E-state index in [0.717, 1.165) is 103 Å². The molecule has 3 atom stereocenters. The molecule has 376 valence electrons. The number of rotatable bonds is 47. The number of likely N-dealkylation sites (N-methyl/N-ethyl adjacent to an activating group) is 1. The molecule has 3 unspecified atom stereocenters. The number of hydrogen-bond acceptors (Lipinski definition) is 5. The number of allylic oxidation sites excluding steroid dienone is 14. The summed E-state index contributed by atoms with van der Waals surface area (Å²) in [5, 5.41) is 14.0. The van der Waals surface area contributed by atoms with Crippen LogP contribution in [0.25, 0.3) is 0 Å². The molecule has 0 aromatic rings. The minimum atomic E-state index is -4.33. The van der Waals surface area contributed by atoms with Gasteiger partial charge in [0.25, 0.3) is 0 Å². The maximum Gasteiger partial charge on any atom is 0.472 e. The zero-order valence-electron chi connectivity index (χ0n) is 42.7. The van der Waals surface area contributed by atoms with Crippen LogP contribution in [0.1, 0.15) is 213 Å². The van der Waals surface area contributed by atoms with Crippen LogP contribution < -0.4 is 5.32 Å². The summed E-state index contributed by atoms with van der Waals surface area (Å²) in [7, 11) is 1.59. The molecule has 0 spiro atoms. The summed E-state index contributed by atoms with van der Waals surface area (Å²) in [6.07, 6.45) is 64.7. The number of phosphoric ester groups is 1. The van der Waals surface area contributed by atoms with Gasteiger partial charge < -0.3 is 19.8 Å². The summed E-state index contributed by atoms with van der Waals surface area (Å²) < 4.78 is 23.7. The Morgan fingerprint density at radius 3 is 1.35 bits per heavy atom. The highest BCUT2D eigenvalue weighted by Crippen LogP contribution is 2.43. The third kappa shape index (κ3) is 49.4. The molecular weight excluding hydrogens is 828 g/mol. The zero-order chi connectivity index (χ0) is 47.8. The van der Waals surface area contributed by atoms with Gasteiger partial charge in [0.2, 0.25) is 5.91 Å². The maximum absolute atomic E-state index is 13.0. The molecule has 0 saturated carbocycles. The number of carbonyl (C=O) groups is 1. The summed E-state index contributed by atoms with van der Waals surface area (Å²) in [4.78, 5) is 23.3. The number of aliphatic hydroxyl groups excluding tert-OH is 1. The van der Waals surface area contributed by atoms with Crippen LogP contribution in [-0.4, -0.2) is 73.4 Å². The van der Waals surface area contributed by atoms with Crippen molar-refractivity contribution in [2.75, 3.05) is 40.9 Å². The fraction of sp³-hybridized carbons (Fsp3) is 0.732. The molecule has 0 bridgehead atoms. The third-order valence-electron chi connectivity index (χ3n) is 11.4. The monoisotopic (exact) mass is 930 g/mol. The minimum Gasteiger partial charge on any atom is -0.391 e.